The van der Waals surface area contributed by atoms with Gasteiger partial charge in [-0.15, -0.1) is 34.0 Å². The van der Waals surface area contributed by atoms with E-state index < -0.39 is 23.4 Å². The van der Waals surface area contributed by atoms with E-state index in [0.717, 1.165) is 21.1 Å². The van der Waals surface area contributed by atoms with Crippen LogP contribution in [0.15, 0.2) is 45.4 Å². The fraction of sp³-hybridized carbons (Fsp3) is 0.227. The molecule has 3 aromatic rings. The van der Waals surface area contributed by atoms with E-state index >= 15 is 0 Å². The SMILES string of the molecule is CCOC(=O)C1=C(N)n2c(s/c(=C\c3cccs3)c2=O)=C(C(=O)OCC)[C@H]1c1cccs1. The van der Waals surface area contributed by atoms with Crippen LogP contribution in [0, 0.1) is 0 Å². The van der Waals surface area contributed by atoms with Crippen molar-refractivity contribution in [3.05, 3.63) is 69.9 Å². The molecule has 166 valence electrons. The van der Waals surface area contributed by atoms with Crippen LogP contribution in [-0.4, -0.2) is 29.7 Å². The van der Waals surface area contributed by atoms with Crippen LogP contribution in [0.2, 0.25) is 0 Å². The van der Waals surface area contributed by atoms with Crippen LogP contribution in [0.25, 0.3) is 17.5 Å². The van der Waals surface area contributed by atoms with Gasteiger partial charge in [-0.05, 0) is 42.8 Å². The van der Waals surface area contributed by atoms with Crippen molar-refractivity contribution in [3.63, 3.8) is 0 Å². The Kier molecular flexibility index (Phi) is 6.45. The minimum atomic E-state index is -0.791. The zero-order valence-electron chi connectivity index (χ0n) is 17.3. The molecule has 0 saturated heterocycles. The van der Waals surface area contributed by atoms with Gasteiger partial charge in [-0.2, -0.15) is 0 Å². The maximum Gasteiger partial charge on any atom is 0.338 e. The van der Waals surface area contributed by atoms with Gasteiger partial charge in [0, 0.05) is 9.75 Å². The van der Waals surface area contributed by atoms with Crippen molar-refractivity contribution in [2.24, 2.45) is 5.73 Å². The summed E-state index contributed by atoms with van der Waals surface area (Å²) in [4.78, 5) is 41.1. The number of hydrogen-bond donors (Lipinski definition) is 1. The van der Waals surface area contributed by atoms with Gasteiger partial charge >= 0.3 is 11.9 Å². The number of carbonyl (C=O) groups is 2. The van der Waals surface area contributed by atoms with Crippen LogP contribution in [0.5, 0.6) is 0 Å². The number of carbonyl (C=O) groups excluding carboxylic acids is 2. The first kappa shape index (κ1) is 22.3. The Morgan fingerprint density at radius 1 is 1.06 bits per heavy atom. The molecule has 1 aliphatic heterocycles. The summed E-state index contributed by atoms with van der Waals surface area (Å²) >= 11 is 4.03. The molecule has 10 heteroatoms. The molecule has 2 N–H and O–H groups in total. The molecule has 0 saturated carbocycles. The smallest absolute Gasteiger partial charge is 0.338 e. The molecule has 32 heavy (non-hydrogen) atoms. The van der Waals surface area contributed by atoms with Crippen molar-refractivity contribution < 1.29 is 19.1 Å². The summed E-state index contributed by atoms with van der Waals surface area (Å²) in [5, 5.41) is 3.76. The molecule has 0 fully saturated rings. The van der Waals surface area contributed by atoms with Gasteiger partial charge in [0.1, 0.15) is 10.5 Å². The molecule has 0 aromatic carbocycles. The average Bonchev–Trinajstić information content (AvgIpc) is 3.51. The maximum absolute atomic E-state index is 13.3. The fourth-order valence-corrected chi connectivity index (χ4v) is 6.24. The van der Waals surface area contributed by atoms with Crippen molar-refractivity contribution >= 4 is 63.4 Å². The van der Waals surface area contributed by atoms with Gasteiger partial charge in [-0.3, -0.25) is 9.36 Å². The third-order valence-corrected chi connectivity index (χ3v) is 7.65. The number of aromatic nitrogens is 1. The van der Waals surface area contributed by atoms with Gasteiger partial charge in [0.25, 0.3) is 5.56 Å². The number of nitrogens with zero attached hydrogens (tertiary/aromatic N) is 1. The van der Waals surface area contributed by atoms with E-state index in [1.54, 1.807) is 19.9 Å². The molecule has 0 spiro atoms. The molecular weight excluding hydrogens is 468 g/mol. The van der Waals surface area contributed by atoms with E-state index in [1.807, 2.05) is 35.0 Å². The molecule has 3 aromatic heterocycles. The second-order valence-electron chi connectivity index (χ2n) is 6.67. The molecule has 4 heterocycles. The van der Waals surface area contributed by atoms with Crippen LogP contribution in [0.4, 0.5) is 0 Å². The van der Waals surface area contributed by atoms with Gasteiger partial charge in [-0.25, -0.2) is 9.59 Å². The van der Waals surface area contributed by atoms with Crippen LogP contribution in [0.1, 0.15) is 29.5 Å². The first-order chi connectivity index (χ1) is 15.5. The van der Waals surface area contributed by atoms with Crippen LogP contribution in [0.3, 0.4) is 0 Å². The topological polar surface area (TPSA) is 101 Å². The van der Waals surface area contributed by atoms with Gasteiger partial charge in [0.15, 0.2) is 0 Å². The monoisotopic (exact) mass is 488 g/mol. The highest BCUT2D eigenvalue weighted by Crippen LogP contribution is 2.39. The standard InChI is InChI=1S/C22H20N2O5S3/c1-3-28-21(26)16-15(13-8-6-10-31-13)17(22(27)29-4-2)20-24(18(16)23)19(25)14(32-20)11-12-7-5-9-30-12/h5-11,15H,3-4,23H2,1-2H3/b14-11-/t15-/m0/s1. The third kappa shape index (κ3) is 3.85. The lowest BCUT2D eigenvalue weighted by molar-refractivity contribution is -0.138. The van der Waals surface area contributed by atoms with E-state index in [9.17, 15) is 14.4 Å². The number of fused-ring (bicyclic) bond motifs is 1. The number of rotatable bonds is 6. The highest BCUT2D eigenvalue weighted by Gasteiger charge is 2.40. The van der Waals surface area contributed by atoms with Gasteiger partial charge in [-0.1, -0.05) is 12.1 Å². The number of nitrogens with two attached hydrogens (primary N) is 1. The predicted molar refractivity (Wildman–Crippen MR) is 127 cm³/mol. The Hall–Kier alpha value is -2.95. The lowest BCUT2D eigenvalue weighted by Crippen LogP contribution is -2.41. The van der Waals surface area contributed by atoms with Gasteiger partial charge < -0.3 is 15.2 Å². The molecular formula is C22H20N2O5S3. The quantitative estimate of drug-likeness (QED) is 0.533. The van der Waals surface area contributed by atoms with E-state index in [4.69, 9.17) is 15.2 Å². The molecule has 0 amide bonds. The van der Waals surface area contributed by atoms with E-state index in [-0.39, 0.29) is 30.2 Å². The Bertz CT molecular complexity index is 1360. The second kappa shape index (κ2) is 9.27. The zero-order chi connectivity index (χ0) is 22.8. The Morgan fingerprint density at radius 2 is 1.72 bits per heavy atom. The number of hydrogen-bond acceptors (Lipinski definition) is 9. The molecule has 0 aliphatic carbocycles. The number of thiophene rings is 2. The van der Waals surface area contributed by atoms with Crippen LogP contribution < -0.4 is 20.5 Å². The first-order valence-electron chi connectivity index (χ1n) is 9.86. The Balaban J connectivity index is 2.11. The average molecular weight is 489 g/mol. The Morgan fingerprint density at radius 3 is 2.31 bits per heavy atom. The number of thiazole rings is 1. The van der Waals surface area contributed by atoms with Crippen molar-refractivity contribution in [1.29, 1.82) is 0 Å². The van der Waals surface area contributed by atoms with Gasteiger partial charge in [0.05, 0.1) is 34.8 Å². The van der Waals surface area contributed by atoms with E-state index in [0.29, 0.717) is 9.20 Å². The molecule has 4 rings (SSSR count). The predicted octanol–water partition coefficient (Wildman–Crippen LogP) is 2.06. The molecule has 7 nitrogen and oxygen atoms in total. The first-order valence-corrected chi connectivity index (χ1v) is 12.4. The summed E-state index contributed by atoms with van der Waals surface area (Å²) < 4.78 is 12.6. The zero-order valence-corrected chi connectivity index (χ0v) is 19.8. The van der Waals surface area contributed by atoms with E-state index in [1.165, 1.54) is 27.2 Å². The molecule has 0 unspecified atom stereocenters. The molecule has 0 bridgehead atoms. The summed E-state index contributed by atoms with van der Waals surface area (Å²) in [7, 11) is 0. The number of esters is 2. The number of ether oxygens (including phenoxy) is 2. The van der Waals surface area contributed by atoms with Crippen molar-refractivity contribution in [3.8, 4) is 0 Å². The van der Waals surface area contributed by atoms with Gasteiger partial charge in [0.2, 0.25) is 0 Å². The maximum atomic E-state index is 13.3. The summed E-state index contributed by atoms with van der Waals surface area (Å²) in [5.74, 6) is -2.09. The fourth-order valence-electron chi connectivity index (χ4n) is 3.51. The molecule has 1 atom stereocenters. The minimum absolute atomic E-state index is 0.0306. The minimum Gasteiger partial charge on any atom is -0.463 e. The van der Waals surface area contributed by atoms with Crippen molar-refractivity contribution in [1.82, 2.24) is 4.57 Å². The van der Waals surface area contributed by atoms with Crippen LogP contribution in [-0.2, 0) is 19.1 Å². The van der Waals surface area contributed by atoms with Crippen LogP contribution >= 0.6 is 34.0 Å². The highest BCUT2D eigenvalue weighted by molar-refractivity contribution is 7.11. The third-order valence-electron chi connectivity index (χ3n) is 4.78. The summed E-state index contributed by atoms with van der Waals surface area (Å²) in [5.41, 5.74) is 6.29. The Labute approximate surface area is 195 Å². The lowest BCUT2D eigenvalue weighted by atomic mass is 9.87. The lowest BCUT2D eigenvalue weighted by Gasteiger charge is -2.25. The summed E-state index contributed by atoms with van der Waals surface area (Å²) in [6.45, 7) is 3.67. The highest BCUT2D eigenvalue weighted by atomic mass is 32.1. The largest absolute Gasteiger partial charge is 0.463 e. The second-order valence-corrected chi connectivity index (χ2v) is 9.66. The summed E-state index contributed by atoms with van der Waals surface area (Å²) in [6.07, 6.45) is 1.75. The van der Waals surface area contributed by atoms with Crippen molar-refractivity contribution in [2.45, 2.75) is 19.8 Å². The molecule has 0 radical (unpaired) electrons. The normalized spacial score (nSPS) is 16.2. The molecule has 1 aliphatic rings. The van der Waals surface area contributed by atoms with E-state index in [2.05, 4.69) is 0 Å². The van der Waals surface area contributed by atoms with Crippen molar-refractivity contribution in [2.75, 3.05) is 13.2 Å². The summed E-state index contributed by atoms with van der Waals surface area (Å²) in [6, 6.07) is 7.42.